The van der Waals surface area contributed by atoms with Crippen molar-refractivity contribution in [2.75, 3.05) is 18.1 Å². The van der Waals surface area contributed by atoms with Crippen LogP contribution in [0, 0.1) is 6.92 Å². The van der Waals surface area contributed by atoms with Crippen molar-refractivity contribution in [3.63, 3.8) is 0 Å². The average Bonchev–Trinajstić information content (AvgIpc) is 3.07. The Bertz CT molecular complexity index is 1320. The van der Waals surface area contributed by atoms with E-state index >= 15 is 0 Å². The Hall–Kier alpha value is -3.48. The topological polar surface area (TPSA) is 40.2 Å². The number of hydrogen-bond acceptors (Lipinski definition) is 5. The summed E-state index contributed by atoms with van der Waals surface area (Å²) in [5.41, 5.74) is 9.51. The summed E-state index contributed by atoms with van der Waals surface area (Å²) in [4.78, 5) is 2.30. The molecule has 0 bridgehead atoms. The van der Waals surface area contributed by atoms with E-state index in [1.807, 2.05) is 0 Å². The minimum Gasteiger partial charge on any atom is -0.353 e. The quantitative estimate of drug-likeness (QED) is 0.178. The standard InChI is InChI=1S/C38H43NO4/c1-29-8-10-30(11-9-29)26-31-12-18-34(19-13-31)39(35-20-14-32(15-21-35)27-42-37-6-2-4-24-40-37)36-22-16-33(17-23-36)28-43-38-7-3-5-25-41-38/h8-23,37-38H,2-7,24-28H2,1H3. The van der Waals surface area contributed by atoms with Crippen molar-refractivity contribution in [2.45, 2.75) is 77.7 Å². The summed E-state index contributed by atoms with van der Waals surface area (Å²) in [7, 11) is 0. The lowest BCUT2D eigenvalue weighted by molar-refractivity contribution is -0.169. The van der Waals surface area contributed by atoms with Crippen molar-refractivity contribution in [3.8, 4) is 0 Å². The molecule has 0 saturated carbocycles. The minimum absolute atomic E-state index is 0.0875. The lowest BCUT2D eigenvalue weighted by Gasteiger charge is -2.27. The van der Waals surface area contributed by atoms with E-state index in [1.54, 1.807) is 0 Å². The van der Waals surface area contributed by atoms with Crippen molar-refractivity contribution in [1.29, 1.82) is 0 Å². The second-order valence-electron chi connectivity index (χ2n) is 11.7. The van der Waals surface area contributed by atoms with Gasteiger partial charge in [0, 0.05) is 30.3 Å². The summed E-state index contributed by atoms with van der Waals surface area (Å²) in [6, 6.07) is 35.0. The fraction of sp³-hybridized carbons (Fsp3) is 0.368. The number of anilines is 3. The highest BCUT2D eigenvalue weighted by atomic mass is 16.7. The molecule has 6 rings (SSSR count). The summed E-state index contributed by atoms with van der Waals surface area (Å²) in [5.74, 6) is 0. The summed E-state index contributed by atoms with van der Waals surface area (Å²) in [5, 5.41) is 0. The first-order chi connectivity index (χ1) is 21.2. The first-order valence-corrected chi connectivity index (χ1v) is 15.8. The molecule has 2 fully saturated rings. The molecule has 0 spiro atoms. The molecule has 43 heavy (non-hydrogen) atoms. The van der Waals surface area contributed by atoms with Crippen molar-refractivity contribution < 1.29 is 18.9 Å². The third kappa shape index (κ3) is 8.33. The largest absolute Gasteiger partial charge is 0.353 e. The van der Waals surface area contributed by atoms with Crippen LogP contribution in [0.15, 0.2) is 97.1 Å². The molecule has 0 amide bonds. The van der Waals surface area contributed by atoms with Gasteiger partial charge in [-0.2, -0.15) is 0 Å². The number of rotatable bonds is 11. The van der Waals surface area contributed by atoms with Crippen molar-refractivity contribution in [1.82, 2.24) is 0 Å². The summed E-state index contributed by atoms with van der Waals surface area (Å²) >= 11 is 0. The van der Waals surface area contributed by atoms with Gasteiger partial charge >= 0.3 is 0 Å². The Morgan fingerprint density at radius 1 is 0.535 bits per heavy atom. The summed E-state index contributed by atoms with van der Waals surface area (Å²) < 4.78 is 23.5. The highest BCUT2D eigenvalue weighted by molar-refractivity contribution is 5.76. The van der Waals surface area contributed by atoms with E-state index in [2.05, 4.69) is 109 Å². The first-order valence-electron chi connectivity index (χ1n) is 15.8. The molecule has 2 heterocycles. The Morgan fingerprint density at radius 2 is 0.930 bits per heavy atom. The first kappa shape index (κ1) is 29.6. The van der Waals surface area contributed by atoms with Crippen LogP contribution >= 0.6 is 0 Å². The van der Waals surface area contributed by atoms with E-state index in [4.69, 9.17) is 18.9 Å². The van der Waals surface area contributed by atoms with Gasteiger partial charge in [-0.05, 0) is 111 Å². The van der Waals surface area contributed by atoms with E-state index in [0.29, 0.717) is 13.2 Å². The van der Waals surface area contributed by atoms with Gasteiger partial charge in [0.2, 0.25) is 0 Å². The number of benzene rings is 4. The van der Waals surface area contributed by atoms with Gasteiger partial charge in [-0.1, -0.05) is 66.2 Å². The van der Waals surface area contributed by atoms with Crippen LogP contribution in [0.2, 0.25) is 0 Å². The van der Waals surface area contributed by atoms with Gasteiger partial charge in [0.15, 0.2) is 12.6 Å². The number of nitrogens with zero attached hydrogens (tertiary/aromatic N) is 1. The number of aryl methyl sites for hydroxylation is 1. The van der Waals surface area contributed by atoms with Crippen LogP contribution in [-0.2, 0) is 38.6 Å². The lowest BCUT2D eigenvalue weighted by Crippen LogP contribution is -2.22. The van der Waals surface area contributed by atoms with Crippen molar-refractivity contribution in [2.24, 2.45) is 0 Å². The Balaban J connectivity index is 1.19. The number of ether oxygens (including phenoxy) is 4. The molecule has 0 radical (unpaired) electrons. The molecule has 0 aliphatic carbocycles. The van der Waals surface area contributed by atoms with Gasteiger partial charge in [-0.25, -0.2) is 0 Å². The molecule has 2 aliphatic rings. The Labute approximate surface area is 256 Å². The molecule has 4 aromatic carbocycles. The van der Waals surface area contributed by atoms with Crippen LogP contribution < -0.4 is 4.90 Å². The minimum atomic E-state index is -0.0875. The SMILES string of the molecule is Cc1ccc(Cc2ccc(N(c3ccc(COC4CCCCO4)cc3)c3ccc(COC4CCCCO4)cc3)cc2)cc1. The van der Waals surface area contributed by atoms with Crippen molar-refractivity contribution >= 4 is 17.1 Å². The smallest absolute Gasteiger partial charge is 0.158 e. The van der Waals surface area contributed by atoms with E-state index in [0.717, 1.165) is 73.5 Å². The third-order valence-electron chi connectivity index (χ3n) is 8.26. The molecule has 5 heteroatoms. The fourth-order valence-corrected chi connectivity index (χ4v) is 5.70. The highest BCUT2D eigenvalue weighted by Crippen LogP contribution is 2.35. The van der Waals surface area contributed by atoms with Gasteiger partial charge in [-0.15, -0.1) is 0 Å². The lowest BCUT2D eigenvalue weighted by atomic mass is 10.0. The van der Waals surface area contributed by atoms with E-state index in [1.165, 1.54) is 29.5 Å². The molecule has 2 saturated heterocycles. The van der Waals surface area contributed by atoms with Crippen LogP contribution in [0.5, 0.6) is 0 Å². The third-order valence-corrected chi connectivity index (χ3v) is 8.26. The van der Waals surface area contributed by atoms with Gasteiger partial charge in [-0.3, -0.25) is 0 Å². The van der Waals surface area contributed by atoms with Gasteiger partial charge < -0.3 is 23.8 Å². The zero-order valence-corrected chi connectivity index (χ0v) is 25.3. The van der Waals surface area contributed by atoms with Crippen LogP contribution in [-0.4, -0.2) is 25.8 Å². The normalized spacial score (nSPS) is 18.8. The maximum atomic E-state index is 6.03. The Kier molecular flexibility index (Phi) is 10.2. The van der Waals surface area contributed by atoms with Gasteiger partial charge in [0.1, 0.15) is 0 Å². The predicted octanol–water partition coefficient (Wildman–Crippen LogP) is 9.14. The average molecular weight is 578 g/mol. The Morgan fingerprint density at radius 3 is 1.33 bits per heavy atom. The number of hydrogen-bond donors (Lipinski definition) is 0. The molecular weight excluding hydrogens is 534 g/mol. The van der Waals surface area contributed by atoms with E-state index in [-0.39, 0.29) is 12.6 Å². The van der Waals surface area contributed by atoms with E-state index in [9.17, 15) is 0 Å². The van der Waals surface area contributed by atoms with Crippen LogP contribution in [0.25, 0.3) is 0 Å². The molecule has 2 unspecified atom stereocenters. The zero-order valence-electron chi connectivity index (χ0n) is 25.3. The maximum absolute atomic E-state index is 6.03. The predicted molar refractivity (Wildman–Crippen MR) is 172 cm³/mol. The monoisotopic (exact) mass is 577 g/mol. The molecule has 0 aromatic heterocycles. The summed E-state index contributed by atoms with van der Waals surface area (Å²) in [6.07, 6.45) is 7.27. The van der Waals surface area contributed by atoms with Crippen LogP contribution in [0.1, 0.15) is 66.3 Å². The zero-order chi connectivity index (χ0) is 29.3. The molecular formula is C38H43NO4. The van der Waals surface area contributed by atoms with Gasteiger partial charge in [0.05, 0.1) is 13.2 Å². The van der Waals surface area contributed by atoms with Gasteiger partial charge in [0.25, 0.3) is 0 Å². The van der Waals surface area contributed by atoms with E-state index < -0.39 is 0 Å². The molecule has 2 aliphatic heterocycles. The van der Waals surface area contributed by atoms with Crippen molar-refractivity contribution in [3.05, 3.63) is 125 Å². The van der Waals surface area contributed by atoms with Crippen LogP contribution in [0.3, 0.4) is 0 Å². The summed E-state index contributed by atoms with van der Waals surface area (Å²) in [6.45, 7) is 4.82. The second-order valence-corrected chi connectivity index (χ2v) is 11.7. The molecule has 0 N–H and O–H groups in total. The molecule has 4 aromatic rings. The molecule has 224 valence electrons. The second kappa shape index (κ2) is 14.8. The maximum Gasteiger partial charge on any atom is 0.158 e. The van der Waals surface area contributed by atoms with Crippen LogP contribution in [0.4, 0.5) is 17.1 Å². The fourth-order valence-electron chi connectivity index (χ4n) is 5.70. The molecule has 2 atom stereocenters. The highest BCUT2D eigenvalue weighted by Gasteiger charge is 2.17. The molecule has 5 nitrogen and oxygen atoms in total.